The number of carboxylic acids is 1. The molecule has 0 aromatic heterocycles. The maximum Gasteiger partial charge on any atom is 0.339 e. The first-order chi connectivity index (χ1) is 10.6. The minimum Gasteiger partial charge on any atom is -0.483 e. The van der Waals surface area contributed by atoms with Crippen LogP contribution in [0.1, 0.15) is 28.9 Å². The molecule has 0 aliphatic carbocycles. The van der Waals surface area contributed by atoms with Crippen molar-refractivity contribution in [1.29, 1.82) is 0 Å². The van der Waals surface area contributed by atoms with E-state index in [0.717, 1.165) is 5.56 Å². The van der Waals surface area contributed by atoms with E-state index in [9.17, 15) is 9.59 Å². The first kappa shape index (κ1) is 15.6. The predicted molar refractivity (Wildman–Crippen MR) is 81.9 cm³/mol. The van der Waals surface area contributed by atoms with Gasteiger partial charge in [-0.1, -0.05) is 42.5 Å². The first-order valence-corrected chi connectivity index (χ1v) is 6.87. The van der Waals surface area contributed by atoms with Crippen molar-refractivity contribution in [2.24, 2.45) is 0 Å². The van der Waals surface area contributed by atoms with Crippen molar-refractivity contribution in [3.63, 3.8) is 0 Å². The molecule has 5 nitrogen and oxygen atoms in total. The summed E-state index contributed by atoms with van der Waals surface area (Å²) in [6, 6.07) is 15.6. The Balaban J connectivity index is 1.92. The summed E-state index contributed by atoms with van der Waals surface area (Å²) in [4.78, 5) is 22.9. The molecular formula is C17H17NO4. The van der Waals surface area contributed by atoms with Crippen molar-refractivity contribution < 1.29 is 19.4 Å². The zero-order valence-corrected chi connectivity index (χ0v) is 12.2. The van der Waals surface area contributed by atoms with Crippen LogP contribution in [-0.4, -0.2) is 23.6 Å². The number of aromatic carboxylic acids is 1. The first-order valence-electron chi connectivity index (χ1n) is 6.87. The van der Waals surface area contributed by atoms with Gasteiger partial charge in [-0.3, -0.25) is 4.79 Å². The second kappa shape index (κ2) is 7.26. The number of para-hydroxylation sites is 1. The van der Waals surface area contributed by atoms with E-state index >= 15 is 0 Å². The Morgan fingerprint density at radius 1 is 1.09 bits per heavy atom. The van der Waals surface area contributed by atoms with Crippen LogP contribution < -0.4 is 10.1 Å². The number of ether oxygens (including phenoxy) is 1. The van der Waals surface area contributed by atoms with Crippen LogP contribution in [0, 0.1) is 0 Å². The molecule has 2 aromatic rings. The molecular weight excluding hydrogens is 282 g/mol. The fraction of sp³-hybridized carbons (Fsp3) is 0.176. The van der Waals surface area contributed by atoms with Crippen LogP contribution in [0.2, 0.25) is 0 Å². The molecule has 0 saturated carbocycles. The highest BCUT2D eigenvalue weighted by Gasteiger charge is 2.13. The number of hydrogen-bond donors (Lipinski definition) is 2. The summed E-state index contributed by atoms with van der Waals surface area (Å²) in [7, 11) is 0. The average Bonchev–Trinajstić information content (AvgIpc) is 2.54. The molecule has 0 aliphatic rings. The molecule has 0 aliphatic heterocycles. The normalized spacial score (nSPS) is 11.5. The number of carboxylic acid groups (broad SMARTS) is 1. The molecule has 0 unspecified atom stereocenters. The highest BCUT2D eigenvalue weighted by Crippen LogP contribution is 2.17. The SMILES string of the molecule is C[C@H](NC(=O)COc1ccccc1C(=O)O)c1ccccc1. The average molecular weight is 299 g/mol. The third-order valence-electron chi connectivity index (χ3n) is 3.15. The lowest BCUT2D eigenvalue weighted by atomic mass is 10.1. The Labute approximate surface area is 128 Å². The number of carbonyl (C=O) groups is 2. The van der Waals surface area contributed by atoms with E-state index in [1.54, 1.807) is 12.1 Å². The van der Waals surface area contributed by atoms with Crippen LogP contribution in [0.25, 0.3) is 0 Å². The van der Waals surface area contributed by atoms with Crippen molar-refractivity contribution in [1.82, 2.24) is 5.32 Å². The molecule has 22 heavy (non-hydrogen) atoms. The van der Waals surface area contributed by atoms with Crippen molar-refractivity contribution in [3.8, 4) is 5.75 Å². The van der Waals surface area contributed by atoms with E-state index in [-0.39, 0.29) is 29.9 Å². The lowest BCUT2D eigenvalue weighted by Crippen LogP contribution is -2.31. The Kier molecular flexibility index (Phi) is 5.14. The van der Waals surface area contributed by atoms with Crippen molar-refractivity contribution >= 4 is 11.9 Å². The molecule has 2 aromatic carbocycles. The Hall–Kier alpha value is -2.82. The van der Waals surface area contributed by atoms with Gasteiger partial charge in [0.25, 0.3) is 5.91 Å². The molecule has 0 fully saturated rings. The van der Waals surface area contributed by atoms with Crippen LogP contribution >= 0.6 is 0 Å². The highest BCUT2D eigenvalue weighted by molar-refractivity contribution is 5.91. The Bertz CT molecular complexity index is 655. The molecule has 0 heterocycles. The molecule has 0 bridgehead atoms. The van der Waals surface area contributed by atoms with Gasteiger partial charge in [0, 0.05) is 0 Å². The second-order valence-electron chi connectivity index (χ2n) is 4.79. The molecule has 114 valence electrons. The van der Waals surface area contributed by atoms with E-state index < -0.39 is 5.97 Å². The molecule has 0 saturated heterocycles. The topological polar surface area (TPSA) is 75.6 Å². The molecule has 2 rings (SSSR count). The fourth-order valence-corrected chi connectivity index (χ4v) is 2.02. The molecule has 2 N–H and O–H groups in total. The molecule has 1 atom stereocenters. The Morgan fingerprint density at radius 3 is 2.41 bits per heavy atom. The molecule has 1 amide bonds. The molecule has 0 radical (unpaired) electrons. The summed E-state index contributed by atoms with van der Waals surface area (Å²) in [5, 5.41) is 11.8. The quantitative estimate of drug-likeness (QED) is 0.859. The van der Waals surface area contributed by atoms with Gasteiger partial charge >= 0.3 is 5.97 Å². The number of rotatable bonds is 6. The third kappa shape index (κ3) is 4.09. The summed E-state index contributed by atoms with van der Waals surface area (Å²) >= 11 is 0. The predicted octanol–water partition coefficient (Wildman–Crippen LogP) is 2.64. The zero-order chi connectivity index (χ0) is 15.9. The number of amides is 1. The van der Waals surface area contributed by atoms with Crippen LogP contribution in [0.15, 0.2) is 54.6 Å². The summed E-state index contributed by atoms with van der Waals surface area (Å²) < 4.78 is 5.30. The number of nitrogens with one attached hydrogen (secondary N) is 1. The summed E-state index contributed by atoms with van der Waals surface area (Å²) in [5.41, 5.74) is 1.02. The molecule has 0 spiro atoms. The van der Waals surface area contributed by atoms with E-state index in [1.165, 1.54) is 12.1 Å². The van der Waals surface area contributed by atoms with Crippen molar-refractivity contribution in [2.75, 3.05) is 6.61 Å². The van der Waals surface area contributed by atoms with Gasteiger partial charge in [-0.2, -0.15) is 0 Å². The smallest absolute Gasteiger partial charge is 0.339 e. The summed E-state index contributed by atoms with van der Waals surface area (Å²) in [6.07, 6.45) is 0. The summed E-state index contributed by atoms with van der Waals surface area (Å²) in [5.74, 6) is -1.22. The van der Waals surface area contributed by atoms with Crippen LogP contribution in [0.3, 0.4) is 0 Å². The van der Waals surface area contributed by atoms with Gasteiger partial charge in [-0.05, 0) is 24.6 Å². The van der Waals surface area contributed by atoms with Crippen LogP contribution in [0.5, 0.6) is 5.75 Å². The highest BCUT2D eigenvalue weighted by atomic mass is 16.5. The number of hydrogen-bond acceptors (Lipinski definition) is 3. The van der Waals surface area contributed by atoms with Gasteiger partial charge < -0.3 is 15.2 Å². The van der Waals surface area contributed by atoms with Gasteiger partial charge in [0.05, 0.1) is 6.04 Å². The third-order valence-corrected chi connectivity index (χ3v) is 3.15. The van der Waals surface area contributed by atoms with E-state index in [1.807, 2.05) is 37.3 Å². The Morgan fingerprint density at radius 2 is 1.73 bits per heavy atom. The van der Waals surface area contributed by atoms with Crippen molar-refractivity contribution in [3.05, 3.63) is 65.7 Å². The molecule has 5 heteroatoms. The van der Waals surface area contributed by atoms with Gasteiger partial charge in [0.1, 0.15) is 11.3 Å². The van der Waals surface area contributed by atoms with Crippen LogP contribution in [-0.2, 0) is 4.79 Å². The standard InChI is InChI=1S/C17H17NO4/c1-12(13-7-3-2-4-8-13)18-16(19)11-22-15-10-6-5-9-14(15)17(20)21/h2-10,12H,11H2,1H3,(H,18,19)(H,20,21)/t12-/m0/s1. The second-order valence-corrected chi connectivity index (χ2v) is 4.79. The van der Waals surface area contributed by atoms with Crippen molar-refractivity contribution in [2.45, 2.75) is 13.0 Å². The lowest BCUT2D eigenvalue weighted by Gasteiger charge is -2.15. The van der Waals surface area contributed by atoms with E-state index in [2.05, 4.69) is 5.32 Å². The zero-order valence-electron chi connectivity index (χ0n) is 12.2. The minimum atomic E-state index is -1.09. The minimum absolute atomic E-state index is 0.0337. The van der Waals surface area contributed by atoms with E-state index in [0.29, 0.717) is 0 Å². The monoisotopic (exact) mass is 299 g/mol. The number of benzene rings is 2. The van der Waals surface area contributed by atoms with Crippen LogP contribution in [0.4, 0.5) is 0 Å². The number of carbonyl (C=O) groups excluding carboxylic acids is 1. The maximum absolute atomic E-state index is 11.9. The largest absolute Gasteiger partial charge is 0.483 e. The maximum atomic E-state index is 11.9. The van der Waals surface area contributed by atoms with Gasteiger partial charge in [0.15, 0.2) is 6.61 Å². The summed E-state index contributed by atoms with van der Waals surface area (Å²) in [6.45, 7) is 1.64. The van der Waals surface area contributed by atoms with Gasteiger partial charge in [0.2, 0.25) is 0 Å². The van der Waals surface area contributed by atoms with Gasteiger partial charge in [-0.25, -0.2) is 4.79 Å². The fourth-order valence-electron chi connectivity index (χ4n) is 2.02. The van der Waals surface area contributed by atoms with Gasteiger partial charge in [-0.15, -0.1) is 0 Å². The lowest BCUT2D eigenvalue weighted by molar-refractivity contribution is -0.123. The van der Waals surface area contributed by atoms with E-state index in [4.69, 9.17) is 9.84 Å².